The number of piperidine rings is 1. The normalized spacial score (nSPS) is 40.3. The van der Waals surface area contributed by atoms with Crippen LogP contribution in [0.15, 0.2) is 0 Å². The first-order valence-electron chi connectivity index (χ1n) is 5.84. The third kappa shape index (κ3) is 2.69. The van der Waals surface area contributed by atoms with Crippen molar-refractivity contribution >= 4 is 0 Å². The quantitative estimate of drug-likeness (QED) is 0.681. The van der Waals surface area contributed by atoms with Crippen LogP contribution in [0.3, 0.4) is 0 Å². The van der Waals surface area contributed by atoms with Gasteiger partial charge in [0.25, 0.3) is 0 Å². The van der Waals surface area contributed by atoms with Crippen LogP contribution in [0.5, 0.6) is 0 Å². The minimum atomic E-state index is -0.436. The Morgan fingerprint density at radius 2 is 2.36 bits per heavy atom. The summed E-state index contributed by atoms with van der Waals surface area (Å²) in [7, 11) is 0. The molecular formula is C11H22N2O. The van der Waals surface area contributed by atoms with Crippen LogP contribution >= 0.6 is 0 Å². The van der Waals surface area contributed by atoms with Crippen molar-refractivity contribution in [2.45, 2.75) is 44.2 Å². The standard InChI is InChI=1S/C11H22N2O/c1-11(14)5-7-13(9-11)8-10-4-2-3-6-12-10/h10,12,14H,2-9H2,1H3. The summed E-state index contributed by atoms with van der Waals surface area (Å²) >= 11 is 0. The average molecular weight is 198 g/mol. The first kappa shape index (κ1) is 10.4. The predicted octanol–water partition coefficient (Wildman–Crippen LogP) is 0.585. The van der Waals surface area contributed by atoms with Gasteiger partial charge in [-0.05, 0) is 32.7 Å². The van der Waals surface area contributed by atoms with E-state index in [0.29, 0.717) is 6.04 Å². The van der Waals surface area contributed by atoms with Gasteiger partial charge in [-0.25, -0.2) is 0 Å². The minimum absolute atomic E-state index is 0.436. The Morgan fingerprint density at radius 1 is 1.50 bits per heavy atom. The number of rotatable bonds is 2. The summed E-state index contributed by atoms with van der Waals surface area (Å²) in [6, 6.07) is 0.664. The smallest absolute Gasteiger partial charge is 0.0758 e. The Hall–Kier alpha value is -0.120. The Morgan fingerprint density at radius 3 is 2.93 bits per heavy atom. The van der Waals surface area contributed by atoms with E-state index in [1.807, 2.05) is 6.92 Å². The summed E-state index contributed by atoms with van der Waals surface area (Å²) in [5.41, 5.74) is -0.436. The van der Waals surface area contributed by atoms with Crippen molar-refractivity contribution in [3.63, 3.8) is 0 Å². The fourth-order valence-corrected chi connectivity index (χ4v) is 2.59. The summed E-state index contributed by atoms with van der Waals surface area (Å²) < 4.78 is 0. The molecule has 0 aromatic carbocycles. The van der Waals surface area contributed by atoms with Crippen molar-refractivity contribution in [3.05, 3.63) is 0 Å². The van der Waals surface area contributed by atoms with Gasteiger partial charge in [0.1, 0.15) is 0 Å². The molecule has 2 aliphatic rings. The van der Waals surface area contributed by atoms with E-state index in [0.717, 1.165) is 26.1 Å². The summed E-state index contributed by atoms with van der Waals surface area (Å²) in [5, 5.41) is 13.4. The number of aliphatic hydroxyl groups is 1. The number of hydrogen-bond donors (Lipinski definition) is 2. The zero-order chi connectivity index (χ0) is 10.0. The van der Waals surface area contributed by atoms with Crippen LogP contribution in [-0.2, 0) is 0 Å². The van der Waals surface area contributed by atoms with Gasteiger partial charge in [0.2, 0.25) is 0 Å². The van der Waals surface area contributed by atoms with Crippen LogP contribution in [0.1, 0.15) is 32.6 Å². The molecule has 3 nitrogen and oxygen atoms in total. The van der Waals surface area contributed by atoms with E-state index in [1.165, 1.54) is 25.8 Å². The minimum Gasteiger partial charge on any atom is -0.389 e. The van der Waals surface area contributed by atoms with Gasteiger partial charge in [-0.2, -0.15) is 0 Å². The molecular weight excluding hydrogens is 176 g/mol. The molecule has 0 bridgehead atoms. The van der Waals surface area contributed by atoms with E-state index in [4.69, 9.17) is 0 Å². The zero-order valence-corrected chi connectivity index (χ0v) is 9.13. The Bertz CT molecular complexity index is 188. The van der Waals surface area contributed by atoms with Gasteiger partial charge in [-0.15, -0.1) is 0 Å². The number of likely N-dealkylation sites (tertiary alicyclic amines) is 1. The molecule has 2 aliphatic heterocycles. The van der Waals surface area contributed by atoms with E-state index < -0.39 is 5.60 Å². The van der Waals surface area contributed by atoms with Gasteiger partial charge in [-0.3, -0.25) is 4.90 Å². The molecule has 2 atom stereocenters. The average Bonchev–Trinajstić information content (AvgIpc) is 2.47. The molecule has 0 radical (unpaired) electrons. The third-order valence-corrected chi connectivity index (χ3v) is 3.42. The number of nitrogens with zero attached hydrogens (tertiary/aromatic N) is 1. The van der Waals surface area contributed by atoms with Gasteiger partial charge in [0.05, 0.1) is 5.60 Å². The van der Waals surface area contributed by atoms with Crippen molar-refractivity contribution < 1.29 is 5.11 Å². The van der Waals surface area contributed by atoms with Gasteiger partial charge in [-0.1, -0.05) is 6.42 Å². The Kier molecular flexibility index (Phi) is 3.10. The molecule has 0 aromatic heterocycles. The molecule has 82 valence electrons. The van der Waals surface area contributed by atoms with E-state index in [2.05, 4.69) is 10.2 Å². The van der Waals surface area contributed by atoms with E-state index in [-0.39, 0.29) is 0 Å². The van der Waals surface area contributed by atoms with Gasteiger partial charge < -0.3 is 10.4 Å². The molecule has 2 fully saturated rings. The topological polar surface area (TPSA) is 35.5 Å². The zero-order valence-electron chi connectivity index (χ0n) is 9.13. The summed E-state index contributed by atoms with van der Waals surface area (Å²) in [4.78, 5) is 2.39. The molecule has 2 rings (SSSR count). The highest BCUT2D eigenvalue weighted by Gasteiger charge is 2.32. The van der Waals surface area contributed by atoms with Crippen molar-refractivity contribution in [1.29, 1.82) is 0 Å². The van der Waals surface area contributed by atoms with Crippen molar-refractivity contribution in [1.82, 2.24) is 10.2 Å². The van der Waals surface area contributed by atoms with E-state index in [1.54, 1.807) is 0 Å². The van der Waals surface area contributed by atoms with Crippen LogP contribution < -0.4 is 5.32 Å². The lowest BCUT2D eigenvalue weighted by Crippen LogP contribution is -2.43. The molecule has 0 saturated carbocycles. The largest absolute Gasteiger partial charge is 0.389 e. The number of nitrogens with one attached hydrogen (secondary N) is 1. The maximum Gasteiger partial charge on any atom is 0.0758 e. The lowest BCUT2D eigenvalue weighted by molar-refractivity contribution is 0.0670. The second-order valence-corrected chi connectivity index (χ2v) is 5.13. The lowest BCUT2D eigenvalue weighted by Gasteiger charge is -2.28. The first-order valence-corrected chi connectivity index (χ1v) is 5.84. The van der Waals surface area contributed by atoms with Gasteiger partial charge in [0, 0.05) is 25.7 Å². The van der Waals surface area contributed by atoms with Crippen molar-refractivity contribution in [2.75, 3.05) is 26.2 Å². The highest BCUT2D eigenvalue weighted by Crippen LogP contribution is 2.21. The van der Waals surface area contributed by atoms with E-state index in [9.17, 15) is 5.11 Å². The molecule has 3 heteroatoms. The fourth-order valence-electron chi connectivity index (χ4n) is 2.59. The number of β-amino-alcohol motifs (C(OH)–C–C–N with tert-alkyl or cyclic N) is 1. The highest BCUT2D eigenvalue weighted by atomic mass is 16.3. The molecule has 0 amide bonds. The first-order chi connectivity index (χ1) is 6.66. The summed E-state index contributed by atoms with van der Waals surface area (Å²) in [6.45, 7) is 6.16. The molecule has 2 heterocycles. The molecule has 2 N–H and O–H groups in total. The molecule has 2 saturated heterocycles. The lowest BCUT2D eigenvalue weighted by atomic mass is 10.0. The predicted molar refractivity (Wildman–Crippen MR) is 57.3 cm³/mol. The summed E-state index contributed by atoms with van der Waals surface area (Å²) in [6.07, 6.45) is 4.93. The molecule has 14 heavy (non-hydrogen) atoms. The SMILES string of the molecule is CC1(O)CCN(CC2CCCCN2)C1. The van der Waals surface area contributed by atoms with Crippen LogP contribution in [0.25, 0.3) is 0 Å². The maximum atomic E-state index is 9.83. The third-order valence-electron chi connectivity index (χ3n) is 3.42. The van der Waals surface area contributed by atoms with Crippen LogP contribution in [0, 0.1) is 0 Å². The Balaban J connectivity index is 1.75. The summed E-state index contributed by atoms with van der Waals surface area (Å²) in [5.74, 6) is 0. The molecule has 0 aromatic rings. The Labute approximate surface area is 86.5 Å². The molecule has 0 spiro atoms. The van der Waals surface area contributed by atoms with Gasteiger partial charge >= 0.3 is 0 Å². The van der Waals surface area contributed by atoms with Crippen molar-refractivity contribution in [2.24, 2.45) is 0 Å². The molecule has 2 unspecified atom stereocenters. The van der Waals surface area contributed by atoms with Gasteiger partial charge in [0.15, 0.2) is 0 Å². The monoisotopic (exact) mass is 198 g/mol. The second-order valence-electron chi connectivity index (χ2n) is 5.13. The fraction of sp³-hybridized carbons (Fsp3) is 1.00. The van der Waals surface area contributed by atoms with Crippen molar-refractivity contribution in [3.8, 4) is 0 Å². The number of hydrogen-bond acceptors (Lipinski definition) is 3. The van der Waals surface area contributed by atoms with Crippen LogP contribution in [0.4, 0.5) is 0 Å². The second kappa shape index (κ2) is 4.17. The van der Waals surface area contributed by atoms with E-state index >= 15 is 0 Å². The highest BCUT2D eigenvalue weighted by molar-refractivity contribution is 4.88. The van der Waals surface area contributed by atoms with Crippen LogP contribution in [0.2, 0.25) is 0 Å². The van der Waals surface area contributed by atoms with Crippen LogP contribution in [-0.4, -0.2) is 47.8 Å². The molecule has 0 aliphatic carbocycles. The maximum absolute atomic E-state index is 9.83.